The van der Waals surface area contributed by atoms with E-state index in [9.17, 15) is 9.59 Å². The molecule has 0 saturated carbocycles. The summed E-state index contributed by atoms with van der Waals surface area (Å²) in [6.45, 7) is 9.15. The number of aryl methyl sites for hydroxylation is 1. The molecule has 2 rings (SSSR count). The summed E-state index contributed by atoms with van der Waals surface area (Å²) in [5.41, 5.74) is 8.72. The Morgan fingerprint density at radius 2 is 1.83 bits per heavy atom. The number of carbonyl (C=O) groups excluding carboxylic acids is 2. The number of nitrogens with one attached hydrogen (secondary N) is 3. The number of carbonyl (C=O) groups is 2. The molecule has 0 unspecified atom stereocenters. The quantitative estimate of drug-likeness (QED) is 0.561. The zero-order valence-electron chi connectivity index (χ0n) is 17.8. The number of rotatable bonds is 9. The van der Waals surface area contributed by atoms with Gasteiger partial charge in [-0.3, -0.25) is 25.1 Å². The lowest BCUT2D eigenvalue weighted by molar-refractivity contribution is -0.128. The van der Waals surface area contributed by atoms with Crippen LogP contribution in [0.2, 0.25) is 0 Å². The predicted octanol–water partition coefficient (Wildman–Crippen LogP) is 2.36. The average molecular weight is 402 g/mol. The Balaban J connectivity index is 1.77. The molecule has 0 aliphatic rings. The van der Waals surface area contributed by atoms with Gasteiger partial charge >= 0.3 is 0 Å². The van der Waals surface area contributed by atoms with Crippen molar-refractivity contribution in [2.24, 2.45) is 5.92 Å². The van der Waals surface area contributed by atoms with Crippen LogP contribution >= 0.6 is 0 Å². The highest BCUT2D eigenvalue weighted by molar-refractivity contribution is 5.84. The van der Waals surface area contributed by atoms with Crippen molar-refractivity contribution in [2.75, 3.05) is 19.0 Å². The maximum atomic E-state index is 12.1. The predicted molar refractivity (Wildman–Crippen MR) is 113 cm³/mol. The molecule has 1 heterocycles. The Hall–Kier alpha value is -3.03. The number of aromatic nitrogens is 2. The van der Waals surface area contributed by atoms with Gasteiger partial charge in [0, 0.05) is 18.7 Å². The van der Waals surface area contributed by atoms with E-state index in [4.69, 9.17) is 4.74 Å². The molecule has 8 heteroatoms. The summed E-state index contributed by atoms with van der Waals surface area (Å²) in [6.07, 6.45) is 0.853. The number of hydrazine groups is 1. The number of amides is 2. The maximum absolute atomic E-state index is 12.1. The third-order valence-corrected chi connectivity index (χ3v) is 4.56. The third-order valence-electron chi connectivity index (χ3n) is 4.56. The Kier molecular flexibility index (Phi) is 8.06. The van der Waals surface area contributed by atoms with E-state index in [0.29, 0.717) is 23.8 Å². The molecule has 8 nitrogen and oxygen atoms in total. The van der Waals surface area contributed by atoms with Gasteiger partial charge in [-0.15, -0.1) is 0 Å². The second-order valence-electron chi connectivity index (χ2n) is 7.38. The first-order chi connectivity index (χ1) is 13.8. The number of para-hydroxylation sites is 2. The van der Waals surface area contributed by atoms with Gasteiger partial charge in [-0.05, 0) is 43.9 Å². The third kappa shape index (κ3) is 6.51. The van der Waals surface area contributed by atoms with E-state index in [0.717, 1.165) is 23.5 Å². The maximum Gasteiger partial charge on any atom is 0.257 e. The summed E-state index contributed by atoms with van der Waals surface area (Å²) in [6, 6.07) is 7.31. The van der Waals surface area contributed by atoms with Crippen molar-refractivity contribution in [2.45, 2.75) is 47.1 Å². The molecular weight excluding hydrogens is 370 g/mol. The standard InChI is InChI=1S/C21H31N5O3/c1-14(2)13-26-16(4)17(15(3)25-26)10-11-20(27)23-24-21(28)12-22-18-8-6-7-9-19(18)29-5/h6-9,14,22H,10-13H2,1-5H3,(H,23,27)(H,24,28). The molecule has 0 aliphatic heterocycles. The first-order valence-electron chi connectivity index (χ1n) is 9.79. The summed E-state index contributed by atoms with van der Waals surface area (Å²) in [7, 11) is 1.57. The summed E-state index contributed by atoms with van der Waals surface area (Å²) in [4.78, 5) is 24.1. The van der Waals surface area contributed by atoms with Gasteiger partial charge in [-0.2, -0.15) is 5.10 Å². The fourth-order valence-corrected chi connectivity index (χ4v) is 3.07. The largest absolute Gasteiger partial charge is 0.495 e. The Bertz CT molecular complexity index is 845. The van der Waals surface area contributed by atoms with Crippen molar-refractivity contribution < 1.29 is 14.3 Å². The molecule has 0 aliphatic carbocycles. The fourth-order valence-electron chi connectivity index (χ4n) is 3.07. The molecule has 0 fully saturated rings. The molecule has 0 atom stereocenters. The molecule has 2 aromatic rings. The SMILES string of the molecule is COc1ccccc1NCC(=O)NNC(=O)CCc1c(C)nn(CC(C)C)c1C. The van der Waals surface area contributed by atoms with E-state index in [2.05, 4.69) is 35.1 Å². The van der Waals surface area contributed by atoms with Crippen LogP contribution < -0.4 is 20.9 Å². The molecule has 1 aromatic heterocycles. The lowest BCUT2D eigenvalue weighted by atomic mass is 10.1. The summed E-state index contributed by atoms with van der Waals surface area (Å²) in [5, 5.41) is 7.55. The van der Waals surface area contributed by atoms with E-state index < -0.39 is 0 Å². The summed E-state index contributed by atoms with van der Waals surface area (Å²) < 4.78 is 7.22. The highest BCUT2D eigenvalue weighted by Gasteiger charge is 2.14. The number of methoxy groups -OCH3 is 1. The van der Waals surface area contributed by atoms with Gasteiger partial charge in [0.15, 0.2) is 0 Å². The van der Waals surface area contributed by atoms with Gasteiger partial charge in [-0.25, -0.2) is 0 Å². The molecule has 0 bridgehead atoms. The number of anilines is 1. The van der Waals surface area contributed by atoms with Crippen LogP contribution in [-0.2, 0) is 22.6 Å². The van der Waals surface area contributed by atoms with Crippen LogP contribution in [0.15, 0.2) is 24.3 Å². The molecule has 158 valence electrons. The molecule has 29 heavy (non-hydrogen) atoms. The van der Waals surface area contributed by atoms with Crippen molar-refractivity contribution in [3.8, 4) is 5.75 Å². The normalized spacial score (nSPS) is 10.7. The zero-order chi connectivity index (χ0) is 21.4. The van der Waals surface area contributed by atoms with Crippen LogP contribution in [0.3, 0.4) is 0 Å². The van der Waals surface area contributed by atoms with E-state index in [1.807, 2.05) is 36.7 Å². The van der Waals surface area contributed by atoms with Gasteiger partial charge in [0.25, 0.3) is 5.91 Å². The Labute approximate surface area is 172 Å². The van der Waals surface area contributed by atoms with Gasteiger partial charge in [0.1, 0.15) is 5.75 Å². The second-order valence-corrected chi connectivity index (χ2v) is 7.38. The Morgan fingerprint density at radius 1 is 1.14 bits per heavy atom. The summed E-state index contributed by atoms with van der Waals surface area (Å²) >= 11 is 0. The number of benzene rings is 1. The molecular formula is C21H31N5O3. The van der Waals surface area contributed by atoms with Crippen LogP contribution in [-0.4, -0.2) is 35.2 Å². The topological polar surface area (TPSA) is 97.3 Å². The van der Waals surface area contributed by atoms with E-state index >= 15 is 0 Å². The van der Waals surface area contributed by atoms with E-state index in [1.165, 1.54) is 0 Å². The van der Waals surface area contributed by atoms with Gasteiger partial charge in [-0.1, -0.05) is 26.0 Å². The highest BCUT2D eigenvalue weighted by atomic mass is 16.5. The van der Waals surface area contributed by atoms with Crippen LogP contribution in [0, 0.1) is 19.8 Å². The van der Waals surface area contributed by atoms with Crippen molar-refractivity contribution in [1.82, 2.24) is 20.6 Å². The average Bonchev–Trinajstić information content (AvgIpc) is 2.95. The number of hydrogen-bond acceptors (Lipinski definition) is 5. The zero-order valence-corrected chi connectivity index (χ0v) is 17.8. The van der Waals surface area contributed by atoms with Gasteiger partial charge < -0.3 is 10.1 Å². The van der Waals surface area contributed by atoms with Gasteiger partial charge in [0.2, 0.25) is 5.91 Å². The minimum atomic E-state index is -0.346. The van der Waals surface area contributed by atoms with Crippen LogP contribution in [0.1, 0.15) is 37.2 Å². The monoisotopic (exact) mass is 401 g/mol. The molecule has 0 saturated heterocycles. The molecule has 0 spiro atoms. The molecule has 1 aromatic carbocycles. The van der Waals surface area contributed by atoms with Crippen LogP contribution in [0.5, 0.6) is 5.75 Å². The molecule has 0 radical (unpaired) electrons. The van der Waals surface area contributed by atoms with Crippen molar-refractivity contribution in [3.63, 3.8) is 0 Å². The number of hydrogen-bond donors (Lipinski definition) is 3. The van der Waals surface area contributed by atoms with Crippen molar-refractivity contribution in [3.05, 3.63) is 41.2 Å². The van der Waals surface area contributed by atoms with Crippen molar-refractivity contribution in [1.29, 1.82) is 0 Å². The van der Waals surface area contributed by atoms with Crippen LogP contribution in [0.25, 0.3) is 0 Å². The number of ether oxygens (including phenoxy) is 1. The summed E-state index contributed by atoms with van der Waals surface area (Å²) in [5.74, 6) is 0.560. The lowest BCUT2D eigenvalue weighted by Crippen LogP contribution is -2.44. The molecule has 3 N–H and O–H groups in total. The number of nitrogens with zero attached hydrogens (tertiary/aromatic N) is 2. The lowest BCUT2D eigenvalue weighted by Gasteiger charge is -2.11. The smallest absolute Gasteiger partial charge is 0.257 e. The van der Waals surface area contributed by atoms with Crippen molar-refractivity contribution >= 4 is 17.5 Å². The Morgan fingerprint density at radius 3 is 2.52 bits per heavy atom. The van der Waals surface area contributed by atoms with Crippen LogP contribution in [0.4, 0.5) is 5.69 Å². The highest BCUT2D eigenvalue weighted by Crippen LogP contribution is 2.22. The minimum Gasteiger partial charge on any atom is -0.495 e. The fraction of sp³-hybridized carbons (Fsp3) is 0.476. The van der Waals surface area contributed by atoms with E-state index in [1.54, 1.807) is 13.2 Å². The second kappa shape index (κ2) is 10.5. The molecule has 2 amide bonds. The van der Waals surface area contributed by atoms with E-state index in [-0.39, 0.29) is 24.8 Å². The first kappa shape index (κ1) is 22.3. The van der Waals surface area contributed by atoms with Gasteiger partial charge in [0.05, 0.1) is 25.0 Å². The first-order valence-corrected chi connectivity index (χ1v) is 9.79. The minimum absolute atomic E-state index is 0.0147.